The number of nitrogens with zero attached hydrogens (tertiary/aromatic N) is 1. The van der Waals surface area contributed by atoms with E-state index >= 15 is 0 Å². The van der Waals surface area contributed by atoms with Crippen LogP contribution in [-0.2, 0) is 19.1 Å². The van der Waals surface area contributed by atoms with Gasteiger partial charge in [-0.25, -0.2) is 10.3 Å². The summed E-state index contributed by atoms with van der Waals surface area (Å²) in [7, 11) is 0. The van der Waals surface area contributed by atoms with Crippen molar-refractivity contribution in [1.29, 1.82) is 0 Å². The first-order chi connectivity index (χ1) is 12.3. The van der Waals surface area contributed by atoms with Gasteiger partial charge in [0.2, 0.25) is 12.2 Å². The number of ether oxygens (including phenoxy) is 2. The van der Waals surface area contributed by atoms with Crippen LogP contribution in [0, 0.1) is 0 Å². The van der Waals surface area contributed by atoms with E-state index in [1.807, 2.05) is 0 Å². The molecule has 152 valence electrons. The zero-order valence-corrected chi connectivity index (χ0v) is 14.5. The van der Waals surface area contributed by atoms with Crippen molar-refractivity contribution in [2.45, 2.75) is 56.5 Å². The minimum absolute atomic E-state index is 0.133. The maximum Gasteiger partial charge on any atom is 0.322 e. The molecule has 0 spiro atoms. The Hall–Kier alpha value is -1.54. The molecule has 12 heteroatoms. The number of hydroxylamine groups is 1. The molecular formula is C14H28N4O8. The number of guanidine groups is 1. The molecule has 0 saturated carbocycles. The fourth-order valence-electron chi connectivity index (χ4n) is 2.19. The summed E-state index contributed by atoms with van der Waals surface area (Å²) in [6.45, 7) is 1.63. The van der Waals surface area contributed by atoms with E-state index in [0.29, 0.717) is 12.8 Å². The molecule has 1 heterocycles. The van der Waals surface area contributed by atoms with E-state index in [0.717, 1.165) is 0 Å². The van der Waals surface area contributed by atoms with Crippen LogP contribution in [0.15, 0.2) is 4.99 Å². The van der Waals surface area contributed by atoms with Gasteiger partial charge in [0.05, 0.1) is 13.2 Å². The van der Waals surface area contributed by atoms with Crippen molar-refractivity contribution in [2.24, 2.45) is 16.5 Å². The van der Waals surface area contributed by atoms with Crippen molar-refractivity contribution in [1.82, 2.24) is 5.48 Å². The Morgan fingerprint density at radius 3 is 2.62 bits per heavy atom. The van der Waals surface area contributed by atoms with Crippen molar-refractivity contribution in [2.75, 3.05) is 19.8 Å². The molecule has 1 saturated heterocycles. The third kappa shape index (κ3) is 6.64. The van der Waals surface area contributed by atoms with Crippen molar-refractivity contribution in [3.05, 3.63) is 0 Å². The van der Waals surface area contributed by atoms with Gasteiger partial charge < -0.3 is 41.4 Å². The molecule has 9 N–H and O–H groups in total. The fourth-order valence-corrected chi connectivity index (χ4v) is 2.19. The highest BCUT2D eigenvalue weighted by Gasteiger charge is 2.44. The van der Waals surface area contributed by atoms with E-state index in [-0.39, 0.29) is 19.1 Å². The molecule has 12 nitrogen and oxygen atoms in total. The quantitative estimate of drug-likeness (QED) is 0.0681. The van der Waals surface area contributed by atoms with Gasteiger partial charge in [-0.15, -0.1) is 0 Å². The van der Waals surface area contributed by atoms with E-state index < -0.39 is 49.3 Å². The first kappa shape index (κ1) is 22.5. The number of aliphatic hydroxyl groups excluding tert-OH is 4. The Balaban J connectivity index is 2.35. The Labute approximate surface area is 150 Å². The van der Waals surface area contributed by atoms with E-state index in [2.05, 4.69) is 10.5 Å². The van der Waals surface area contributed by atoms with Crippen molar-refractivity contribution >= 4 is 11.9 Å². The standard InChI is InChI=1S/C14H28N4O8/c1-2-24-12(23)7(15)4-3-5-17-14(16)18-26-13-11(22)10(21)9(20)8(6-19)25-13/h7-11,13,19-22H,2-6,15H2,1H3,(H3,16,17,18)/t7-,8+,9+,10-,11+,13-/m0/s1. The average molecular weight is 380 g/mol. The van der Waals surface area contributed by atoms with Crippen LogP contribution in [0.4, 0.5) is 0 Å². The van der Waals surface area contributed by atoms with Gasteiger partial charge >= 0.3 is 5.97 Å². The summed E-state index contributed by atoms with van der Waals surface area (Å²) >= 11 is 0. The first-order valence-corrected chi connectivity index (χ1v) is 8.26. The lowest BCUT2D eigenvalue weighted by Crippen LogP contribution is -2.60. The molecule has 0 unspecified atom stereocenters. The molecule has 1 fully saturated rings. The number of esters is 1. The van der Waals surface area contributed by atoms with Crippen LogP contribution < -0.4 is 16.9 Å². The molecule has 1 rings (SSSR count). The number of carbonyl (C=O) groups is 1. The SMILES string of the molecule is CCOC(=O)[C@@H](N)CCCN=C(N)NO[C@@H]1O[C@H](CO)[C@@H](O)[C@H](O)[C@H]1O. The fraction of sp³-hybridized carbons (Fsp3) is 0.857. The van der Waals surface area contributed by atoms with Gasteiger partial charge in [0.25, 0.3) is 0 Å². The summed E-state index contributed by atoms with van der Waals surface area (Å²) in [6, 6.07) is -0.732. The molecule has 1 aliphatic rings. The highest BCUT2D eigenvalue weighted by molar-refractivity contribution is 5.76. The Morgan fingerprint density at radius 1 is 1.31 bits per heavy atom. The first-order valence-electron chi connectivity index (χ1n) is 8.26. The molecule has 0 aliphatic carbocycles. The summed E-state index contributed by atoms with van der Waals surface area (Å²) in [5.74, 6) is -0.611. The number of carbonyl (C=O) groups excluding carboxylic acids is 1. The van der Waals surface area contributed by atoms with Gasteiger partial charge in [-0.1, -0.05) is 0 Å². The molecule has 6 atom stereocenters. The van der Waals surface area contributed by atoms with Gasteiger partial charge in [-0.05, 0) is 19.8 Å². The maximum atomic E-state index is 11.3. The second-order valence-corrected chi connectivity index (χ2v) is 5.68. The van der Waals surface area contributed by atoms with E-state index in [4.69, 9.17) is 30.9 Å². The number of hydrogen-bond donors (Lipinski definition) is 7. The summed E-state index contributed by atoms with van der Waals surface area (Å²) in [4.78, 5) is 20.3. The number of hydrogen-bond acceptors (Lipinski definition) is 10. The molecule has 0 bridgehead atoms. The second kappa shape index (κ2) is 11.2. The maximum absolute atomic E-state index is 11.3. The van der Waals surface area contributed by atoms with Gasteiger partial charge in [-0.2, -0.15) is 0 Å². The summed E-state index contributed by atoms with van der Waals surface area (Å²) in [5, 5.41) is 38.1. The smallest absolute Gasteiger partial charge is 0.322 e. The second-order valence-electron chi connectivity index (χ2n) is 5.68. The van der Waals surface area contributed by atoms with Crippen LogP contribution in [0.5, 0.6) is 0 Å². The monoisotopic (exact) mass is 380 g/mol. The van der Waals surface area contributed by atoms with Gasteiger partial charge in [-0.3, -0.25) is 9.79 Å². The normalized spacial score (nSPS) is 30.7. The van der Waals surface area contributed by atoms with Gasteiger partial charge in [0.1, 0.15) is 30.5 Å². The largest absolute Gasteiger partial charge is 0.465 e. The van der Waals surface area contributed by atoms with Crippen molar-refractivity contribution < 1.29 is 39.5 Å². The van der Waals surface area contributed by atoms with Crippen LogP contribution in [0.2, 0.25) is 0 Å². The van der Waals surface area contributed by atoms with E-state index in [9.17, 15) is 20.1 Å². The minimum atomic E-state index is -1.56. The number of rotatable bonds is 9. The molecular weight excluding hydrogens is 352 g/mol. The summed E-state index contributed by atoms with van der Waals surface area (Å²) < 4.78 is 9.90. The average Bonchev–Trinajstić information content (AvgIpc) is 2.62. The molecule has 26 heavy (non-hydrogen) atoms. The molecule has 1 aliphatic heterocycles. The predicted octanol–water partition coefficient (Wildman–Crippen LogP) is -3.71. The minimum Gasteiger partial charge on any atom is -0.465 e. The van der Waals surface area contributed by atoms with Crippen LogP contribution in [0.3, 0.4) is 0 Å². The van der Waals surface area contributed by atoms with Crippen LogP contribution in [0.25, 0.3) is 0 Å². The Morgan fingerprint density at radius 2 is 2.00 bits per heavy atom. The highest BCUT2D eigenvalue weighted by Crippen LogP contribution is 2.21. The predicted molar refractivity (Wildman–Crippen MR) is 88.3 cm³/mol. The third-order valence-corrected chi connectivity index (χ3v) is 3.67. The van der Waals surface area contributed by atoms with Crippen molar-refractivity contribution in [3.63, 3.8) is 0 Å². The Bertz CT molecular complexity index is 464. The molecule has 0 amide bonds. The number of aliphatic imine (C=N–C) groups is 1. The lowest BCUT2D eigenvalue weighted by atomic mass is 9.99. The van der Waals surface area contributed by atoms with Gasteiger partial charge in [0.15, 0.2) is 0 Å². The summed E-state index contributed by atoms with van der Waals surface area (Å²) in [5.41, 5.74) is 13.5. The number of nitrogens with two attached hydrogens (primary N) is 2. The topological polar surface area (TPSA) is 202 Å². The lowest BCUT2D eigenvalue weighted by Gasteiger charge is -2.39. The van der Waals surface area contributed by atoms with Crippen LogP contribution >= 0.6 is 0 Å². The highest BCUT2D eigenvalue weighted by atomic mass is 16.8. The van der Waals surface area contributed by atoms with Gasteiger partial charge in [0, 0.05) is 6.54 Å². The summed E-state index contributed by atoms with van der Waals surface area (Å²) in [6.07, 6.45) is -6.24. The molecule has 0 aromatic rings. The number of nitrogens with one attached hydrogen (secondary N) is 1. The number of aliphatic hydroxyl groups is 4. The molecule has 0 radical (unpaired) electrons. The zero-order chi connectivity index (χ0) is 19.7. The molecule has 0 aromatic heterocycles. The van der Waals surface area contributed by atoms with E-state index in [1.165, 1.54) is 0 Å². The third-order valence-electron chi connectivity index (χ3n) is 3.67. The lowest BCUT2D eigenvalue weighted by molar-refractivity contribution is -0.310. The van der Waals surface area contributed by atoms with E-state index in [1.54, 1.807) is 6.92 Å². The molecule has 0 aromatic carbocycles. The zero-order valence-electron chi connectivity index (χ0n) is 14.5. The van der Waals surface area contributed by atoms with Crippen LogP contribution in [0.1, 0.15) is 19.8 Å². The van der Waals surface area contributed by atoms with Crippen LogP contribution in [-0.4, -0.2) is 88.9 Å². The Kier molecular flexibility index (Phi) is 9.72. The van der Waals surface area contributed by atoms with Crippen molar-refractivity contribution in [3.8, 4) is 0 Å².